The van der Waals surface area contributed by atoms with Crippen molar-refractivity contribution in [3.05, 3.63) is 60.2 Å². The molecule has 0 aromatic heterocycles. The molecule has 1 aromatic carbocycles. The van der Waals surface area contributed by atoms with Crippen LogP contribution in [-0.4, -0.2) is 47.3 Å². The molecule has 0 aliphatic carbocycles. The van der Waals surface area contributed by atoms with Gasteiger partial charge in [0.05, 0.1) is 18.3 Å². The predicted molar refractivity (Wildman–Crippen MR) is 114 cm³/mol. The van der Waals surface area contributed by atoms with E-state index in [-0.39, 0.29) is 0 Å². The number of hydrogen-bond acceptors (Lipinski definition) is 7. The van der Waals surface area contributed by atoms with Gasteiger partial charge in [0.15, 0.2) is 0 Å². The van der Waals surface area contributed by atoms with E-state index >= 15 is 0 Å². The highest BCUT2D eigenvalue weighted by Crippen LogP contribution is 2.31. The van der Waals surface area contributed by atoms with E-state index in [1.54, 1.807) is 6.08 Å². The second-order valence-corrected chi connectivity index (χ2v) is 8.86. The Morgan fingerprint density at radius 2 is 1.86 bits per heavy atom. The van der Waals surface area contributed by atoms with Gasteiger partial charge >= 0.3 is 11.9 Å². The summed E-state index contributed by atoms with van der Waals surface area (Å²) in [7, 11) is 1.31. The number of hydrogen-bond donors (Lipinski definition) is 0. The first kappa shape index (κ1) is 22.6. The van der Waals surface area contributed by atoms with E-state index in [0.717, 1.165) is 17.1 Å². The maximum atomic E-state index is 11.6. The number of ether oxygens (including phenoxy) is 3. The summed E-state index contributed by atoms with van der Waals surface area (Å²) in [6.45, 7) is 1.69. The van der Waals surface area contributed by atoms with E-state index in [4.69, 9.17) is 9.47 Å². The zero-order valence-electron chi connectivity index (χ0n) is 16.1. The van der Waals surface area contributed by atoms with E-state index in [1.807, 2.05) is 66.0 Å². The van der Waals surface area contributed by atoms with Crippen LogP contribution in [0.2, 0.25) is 0 Å². The number of carbonyl (C=O) groups is 2. The third-order valence-corrected chi connectivity index (χ3v) is 6.68. The number of esters is 2. The highest BCUT2D eigenvalue weighted by Gasteiger charge is 2.22. The van der Waals surface area contributed by atoms with Gasteiger partial charge < -0.3 is 14.2 Å². The molecule has 2 atom stereocenters. The molecule has 0 spiro atoms. The molecule has 1 heterocycles. The molecule has 1 fully saturated rings. The predicted octanol–water partition coefficient (Wildman–Crippen LogP) is 3.99. The molecule has 0 unspecified atom stereocenters. The van der Waals surface area contributed by atoms with E-state index in [0.29, 0.717) is 11.2 Å². The van der Waals surface area contributed by atoms with Crippen LogP contribution in [0, 0.1) is 0 Å². The lowest BCUT2D eigenvalue weighted by Gasteiger charge is -2.23. The van der Waals surface area contributed by atoms with Crippen LogP contribution in [0.5, 0.6) is 0 Å². The van der Waals surface area contributed by atoms with Crippen molar-refractivity contribution < 1.29 is 23.8 Å². The summed E-state index contributed by atoms with van der Waals surface area (Å²) >= 11 is 3.74. The van der Waals surface area contributed by atoms with Gasteiger partial charge in [-0.05, 0) is 35.6 Å². The molecule has 152 valence electrons. The lowest BCUT2D eigenvalue weighted by molar-refractivity contribution is -0.149. The summed E-state index contributed by atoms with van der Waals surface area (Å²) in [5.41, 5.74) is 0.989. The standard InChI is InChI=1S/C21H26O5S2/c1-16(22)26-19(10-12-21-27-13-6-14-28-21)18(9-11-20(23)24-2)25-15-17-7-4-3-5-8-17/h3-5,7-12,18-19,21H,6,13-15H2,1-2H3/b11-9-,12-10+/t18-,19+/m1/s1. The molecular formula is C21H26O5S2. The summed E-state index contributed by atoms with van der Waals surface area (Å²) < 4.78 is 16.5. The molecule has 1 saturated heterocycles. The molecule has 1 aliphatic rings. The van der Waals surface area contributed by atoms with Crippen molar-refractivity contribution in [2.75, 3.05) is 18.6 Å². The molecule has 1 aliphatic heterocycles. The average molecular weight is 423 g/mol. The fourth-order valence-electron chi connectivity index (χ4n) is 2.49. The summed E-state index contributed by atoms with van der Waals surface area (Å²) in [5, 5.41) is 0. The molecule has 28 heavy (non-hydrogen) atoms. The van der Waals surface area contributed by atoms with Gasteiger partial charge in [-0.25, -0.2) is 4.79 Å². The van der Waals surface area contributed by atoms with Crippen molar-refractivity contribution in [2.45, 2.75) is 36.7 Å². The third-order valence-electron chi connectivity index (χ3n) is 3.85. The van der Waals surface area contributed by atoms with Crippen LogP contribution >= 0.6 is 23.5 Å². The molecular weight excluding hydrogens is 396 g/mol. The Morgan fingerprint density at radius 1 is 1.14 bits per heavy atom. The van der Waals surface area contributed by atoms with Crippen LogP contribution in [0.4, 0.5) is 0 Å². The highest BCUT2D eigenvalue weighted by atomic mass is 32.2. The zero-order chi connectivity index (χ0) is 20.2. The normalized spacial score (nSPS) is 17.5. The van der Waals surface area contributed by atoms with E-state index < -0.39 is 24.1 Å². The van der Waals surface area contributed by atoms with Crippen LogP contribution < -0.4 is 0 Å². The maximum Gasteiger partial charge on any atom is 0.330 e. The van der Waals surface area contributed by atoms with E-state index in [9.17, 15) is 9.59 Å². The lowest BCUT2D eigenvalue weighted by atomic mass is 10.1. The number of carbonyl (C=O) groups excluding carboxylic acids is 2. The lowest BCUT2D eigenvalue weighted by Crippen LogP contribution is -2.30. The highest BCUT2D eigenvalue weighted by molar-refractivity contribution is 8.17. The molecule has 1 aromatic rings. The van der Waals surface area contributed by atoms with Crippen molar-refractivity contribution in [1.29, 1.82) is 0 Å². The first-order chi connectivity index (χ1) is 13.6. The summed E-state index contributed by atoms with van der Waals surface area (Å²) in [5.74, 6) is 1.35. The maximum absolute atomic E-state index is 11.6. The minimum absolute atomic E-state index is 0.325. The largest absolute Gasteiger partial charge is 0.466 e. The molecule has 0 N–H and O–H groups in total. The quantitative estimate of drug-likeness (QED) is 0.339. The smallest absolute Gasteiger partial charge is 0.330 e. The van der Waals surface area contributed by atoms with Gasteiger partial charge in [-0.15, -0.1) is 23.5 Å². The Hall–Kier alpha value is -1.70. The molecule has 7 heteroatoms. The molecule has 0 saturated carbocycles. The van der Waals surface area contributed by atoms with Gasteiger partial charge in [0.25, 0.3) is 0 Å². The SMILES string of the molecule is COC(=O)/C=C\[C@@H](OCc1ccccc1)[C@H](/C=C/C1SCCCS1)OC(C)=O. The van der Waals surface area contributed by atoms with Crippen molar-refractivity contribution in [3.8, 4) is 0 Å². The summed E-state index contributed by atoms with van der Waals surface area (Å²) in [6, 6.07) is 9.69. The van der Waals surface area contributed by atoms with Crippen LogP contribution in [0.1, 0.15) is 18.9 Å². The molecule has 5 nitrogen and oxygen atoms in total. The zero-order valence-corrected chi connectivity index (χ0v) is 17.7. The van der Waals surface area contributed by atoms with Gasteiger partial charge in [-0.2, -0.15) is 0 Å². The summed E-state index contributed by atoms with van der Waals surface area (Å²) in [4.78, 5) is 23.2. The van der Waals surface area contributed by atoms with Gasteiger partial charge in [0, 0.05) is 13.0 Å². The topological polar surface area (TPSA) is 61.8 Å². The van der Waals surface area contributed by atoms with Gasteiger partial charge in [0.2, 0.25) is 0 Å². The van der Waals surface area contributed by atoms with E-state index in [1.165, 1.54) is 26.5 Å². The van der Waals surface area contributed by atoms with Crippen LogP contribution in [0.25, 0.3) is 0 Å². The Kier molecular flexibility index (Phi) is 10.2. The fraction of sp³-hybridized carbons (Fsp3) is 0.429. The minimum atomic E-state index is -0.634. The van der Waals surface area contributed by atoms with Crippen LogP contribution in [0.3, 0.4) is 0 Å². The molecule has 0 radical (unpaired) electrons. The van der Waals surface area contributed by atoms with Gasteiger partial charge in [-0.1, -0.05) is 36.4 Å². The summed E-state index contributed by atoms with van der Waals surface area (Å²) in [6.07, 6.45) is 6.74. The second kappa shape index (κ2) is 12.7. The second-order valence-electron chi connectivity index (χ2n) is 6.07. The van der Waals surface area contributed by atoms with Crippen molar-refractivity contribution in [1.82, 2.24) is 0 Å². The number of benzene rings is 1. The van der Waals surface area contributed by atoms with Gasteiger partial charge in [-0.3, -0.25) is 4.79 Å². The fourth-order valence-corrected chi connectivity index (χ4v) is 5.13. The molecule has 0 amide bonds. The minimum Gasteiger partial charge on any atom is -0.466 e. The molecule has 2 rings (SSSR count). The van der Waals surface area contributed by atoms with Crippen molar-refractivity contribution in [2.24, 2.45) is 0 Å². The Bertz CT molecular complexity index is 669. The molecule has 0 bridgehead atoms. The van der Waals surface area contributed by atoms with Gasteiger partial charge in [0.1, 0.15) is 12.2 Å². The number of rotatable bonds is 9. The van der Waals surface area contributed by atoms with Crippen LogP contribution in [0.15, 0.2) is 54.6 Å². The van der Waals surface area contributed by atoms with Crippen molar-refractivity contribution in [3.63, 3.8) is 0 Å². The Morgan fingerprint density at radius 3 is 2.50 bits per heavy atom. The monoisotopic (exact) mass is 422 g/mol. The number of thioether (sulfide) groups is 2. The Labute approximate surface area is 174 Å². The first-order valence-corrected chi connectivity index (χ1v) is 11.2. The average Bonchev–Trinajstić information content (AvgIpc) is 2.72. The number of methoxy groups -OCH3 is 1. The third kappa shape index (κ3) is 8.54. The van der Waals surface area contributed by atoms with Crippen LogP contribution in [-0.2, 0) is 30.4 Å². The van der Waals surface area contributed by atoms with E-state index in [2.05, 4.69) is 4.74 Å². The Balaban J connectivity index is 2.14. The van der Waals surface area contributed by atoms with Crippen molar-refractivity contribution >= 4 is 35.5 Å². The first-order valence-electron chi connectivity index (χ1n) is 9.09.